The van der Waals surface area contributed by atoms with Crippen LogP contribution in [0, 0.1) is 31.1 Å². The summed E-state index contributed by atoms with van der Waals surface area (Å²) in [6, 6.07) is 11.3. The van der Waals surface area contributed by atoms with E-state index in [1.54, 1.807) is 18.7 Å². The molecule has 2 aromatic rings. The molecule has 1 aromatic heterocycles. The zero-order valence-corrected chi connectivity index (χ0v) is 17.3. The average Bonchev–Trinajstić information content (AvgIpc) is 2.74. The van der Waals surface area contributed by atoms with E-state index in [1.165, 1.54) is 0 Å². The summed E-state index contributed by atoms with van der Waals surface area (Å²) in [7, 11) is 0. The Bertz CT molecular complexity index is 1030. The molecule has 0 aliphatic carbocycles. The summed E-state index contributed by atoms with van der Waals surface area (Å²) in [6.07, 6.45) is 2.05. The van der Waals surface area contributed by atoms with Crippen LogP contribution in [-0.2, 0) is 16.0 Å². The summed E-state index contributed by atoms with van der Waals surface area (Å²) < 4.78 is 0. The van der Waals surface area contributed by atoms with Crippen LogP contribution in [0.3, 0.4) is 0 Å². The van der Waals surface area contributed by atoms with Gasteiger partial charge < -0.3 is 15.2 Å². The second-order valence-electron chi connectivity index (χ2n) is 7.68. The lowest BCUT2D eigenvalue weighted by Gasteiger charge is -2.31. The summed E-state index contributed by atoms with van der Waals surface area (Å²) >= 11 is 0. The number of anilines is 1. The molecule has 1 aliphatic rings. The van der Waals surface area contributed by atoms with Crippen LogP contribution in [0.2, 0.25) is 0 Å². The molecule has 30 heavy (non-hydrogen) atoms. The molecule has 7 nitrogen and oxygen atoms in total. The maximum absolute atomic E-state index is 12.7. The Kier molecular flexibility index (Phi) is 6.68. The van der Waals surface area contributed by atoms with Crippen LogP contribution in [0.15, 0.2) is 35.1 Å². The van der Waals surface area contributed by atoms with Crippen molar-refractivity contribution in [1.82, 2.24) is 9.88 Å². The van der Waals surface area contributed by atoms with E-state index >= 15 is 0 Å². The van der Waals surface area contributed by atoms with Crippen LogP contribution < -0.4 is 10.9 Å². The van der Waals surface area contributed by atoms with Gasteiger partial charge in [0.25, 0.3) is 5.56 Å². The molecule has 0 atom stereocenters. The van der Waals surface area contributed by atoms with Crippen LogP contribution in [0.4, 0.5) is 5.69 Å². The Morgan fingerprint density at radius 1 is 1.20 bits per heavy atom. The number of rotatable bonds is 5. The first-order valence-corrected chi connectivity index (χ1v) is 10.2. The molecular weight excluding hydrogens is 380 g/mol. The number of aromatic nitrogens is 1. The summed E-state index contributed by atoms with van der Waals surface area (Å²) in [4.78, 5) is 41.5. The third kappa shape index (κ3) is 4.77. The molecule has 0 bridgehead atoms. The normalized spacial score (nSPS) is 14.2. The molecule has 0 unspecified atom stereocenters. The SMILES string of the molecule is Cc1[nH]c(=O)c(C#N)c(C)c1CCC(=O)N1CCC(C(=O)Nc2ccccc2)CC1. The highest BCUT2D eigenvalue weighted by atomic mass is 16.2. The number of carbonyl (C=O) groups excluding carboxylic acids is 2. The third-order valence-electron chi connectivity index (χ3n) is 5.77. The standard InChI is InChI=1S/C23H26N4O3/c1-15-19(16(2)25-23(30)20(15)14-24)8-9-21(28)27-12-10-17(11-13-27)22(29)26-18-6-4-3-5-7-18/h3-7,17H,8-13H2,1-2H3,(H,25,30)(H,26,29). The van der Waals surface area contributed by atoms with Crippen molar-refractivity contribution in [2.75, 3.05) is 18.4 Å². The molecular formula is C23H26N4O3. The largest absolute Gasteiger partial charge is 0.343 e. The van der Waals surface area contributed by atoms with E-state index in [2.05, 4.69) is 10.3 Å². The molecule has 1 saturated heterocycles. The highest BCUT2D eigenvalue weighted by Gasteiger charge is 2.27. The zero-order chi connectivity index (χ0) is 21.7. The smallest absolute Gasteiger partial charge is 0.266 e. The van der Waals surface area contributed by atoms with Gasteiger partial charge in [0.1, 0.15) is 11.6 Å². The molecule has 2 heterocycles. The van der Waals surface area contributed by atoms with E-state index in [9.17, 15) is 19.6 Å². The second-order valence-corrected chi connectivity index (χ2v) is 7.68. The Morgan fingerprint density at radius 3 is 2.50 bits per heavy atom. The molecule has 2 N–H and O–H groups in total. The number of H-pyrrole nitrogens is 1. The van der Waals surface area contributed by atoms with Gasteiger partial charge in [-0.25, -0.2) is 0 Å². The number of likely N-dealkylation sites (tertiary alicyclic amines) is 1. The molecule has 7 heteroatoms. The van der Waals surface area contributed by atoms with Crippen molar-refractivity contribution in [3.63, 3.8) is 0 Å². The highest BCUT2D eigenvalue weighted by Crippen LogP contribution is 2.21. The van der Waals surface area contributed by atoms with Crippen molar-refractivity contribution < 1.29 is 9.59 Å². The molecule has 3 rings (SSSR count). The van der Waals surface area contributed by atoms with E-state index in [0.717, 1.165) is 11.3 Å². The lowest BCUT2D eigenvalue weighted by molar-refractivity contribution is -0.134. The number of piperidine rings is 1. The van der Waals surface area contributed by atoms with Crippen molar-refractivity contribution in [3.8, 4) is 6.07 Å². The summed E-state index contributed by atoms with van der Waals surface area (Å²) in [5, 5.41) is 12.1. The first kappa shape index (κ1) is 21.3. The number of carbonyl (C=O) groups is 2. The van der Waals surface area contributed by atoms with E-state index in [-0.39, 0.29) is 23.3 Å². The van der Waals surface area contributed by atoms with Crippen LogP contribution in [0.25, 0.3) is 0 Å². The molecule has 1 aliphatic heterocycles. The van der Waals surface area contributed by atoms with Gasteiger partial charge >= 0.3 is 0 Å². The number of benzene rings is 1. The molecule has 0 spiro atoms. The second kappa shape index (κ2) is 9.40. The number of amides is 2. The Labute approximate surface area is 175 Å². The van der Waals surface area contributed by atoms with Gasteiger partial charge in [-0.3, -0.25) is 14.4 Å². The van der Waals surface area contributed by atoms with Crippen molar-refractivity contribution >= 4 is 17.5 Å². The number of aromatic amines is 1. The highest BCUT2D eigenvalue weighted by molar-refractivity contribution is 5.92. The van der Waals surface area contributed by atoms with Crippen molar-refractivity contribution in [1.29, 1.82) is 5.26 Å². The average molecular weight is 406 g/mol. The number of hydrogen-bond donors (Lipinski definition) is 2. The van der Waals surface area contributed by atoms with E-state index in [0.29, 0.717) is 50.0 Å². The fourth-order valence-electron chi connectivity index (χ4n) is 3.97. The van der Waals surface area contributed by atoms with Gasteiger partial charge in [0.15, 0.2) is 0 Å². The Morgan fingerprint density at radius 2 is 1.87 bits per heavy atom. The predicted octanol–water partition coefficient (Wildman–Crippen LogP) is 2.67. The van der Waals surface area contributed by atoms with Crippen molar-refractivity contribution in [2.45, 2.75) is 39.5 Å². The van der Waals surface area contributed by atoms with Crippen LogP contribution in [-0.4, -0.2) is 34.8 Å². The Balaban J connectivity index is 1.53. The van der Waals surface area contributed by atoms with Gasteiger partial charge in [0.2, 0.25) is 11.8 Å². The van der Waals surface area contributed by atoms with E-state index < -0.39 is 5.56 Å². The van der Waals surface area contributed by atoms with E-state index in [4.69, 9.17) is 0 Å². The van der Waals surface area contributed by atoms with Gasteiger partial charge in [-0.1, -0.05) is 18.2 Å². The predicted molar refractivity (Wildman–Crippen MR) is 114 cm³/mol. The van der Waals surface area contributed by atoms with Crippen LogP contribution in [0.5, 0.6) is 0 Å². The monoisotopic (exact) mass is 406 g/mol. The molecule has 1 fully saturated rings. The topological polar surface area (TPSA) is 106 Å². The van der Waals surface area contributed by atoms with Gasteiger partial charge in [-0.2, -0.15) is 5.26 Å². The van der Waals surface area contributed by atoms with E-state index in [1.807, 2.05) is 36.4 Å². The number of nitrogens with one attached hydrogen (secondary N) is 2. The molecule has 2 amide bonds. The van der Waals surface area contributed by atoms with Gasteiger partial charge in [-0.15, -0.1) is 0 Å². The minimum atomic E-state index is -0.390. The fourth-order valence-corrected chi connectivity index (χ4v) is 3.97. The number of hydrogen-bond acceptors (Lipinski definition) is 4. The number of pyridine rings is 1. The first-order chi connectivity index (χ1) is 14.4. The van der Waals surface area contributed by atoms with Crippen LogP contribution >= 0.6 is 0 Å². The fraction of sp³-hybridized carbons (Fsp3) is 0.391. The first-order valence-electron chi connectivity index (χ1n) is 10.2. The van der Waals surface area contributed by atoms with Crippen LogP contribution in [0.1, 0.15) is 41.6 Å². The number of nitrogens with zero attached hydrogens (tertiary/aromatic N) is 2. The molecule has 0 radical (unpaired) electrons. The molecule has 1 aromatic carbocycles. The van der Waals surface area contributed by atoms with Gasteiger partial charge in [0, 0.05) is 36.8 Å². The van der Waals surface area contributed by atoms with Gasteiger partial charge in [-0.05, 0) is 56.4 Å². The van der Waals surface area contributed by atoms with Crippen molar-refractivity contribution in [3.05, 3.63) is 63.1 Å². The Hall–Kier alpha value is -3.40. The zero-order valence-electron chi connectivity index (χ0n) is 17.3. The maximum Gasteiger partial charge on any atom is 0.266 e. The van der Waals surface area contributed by atoms with Gasteiger partial charge in [0.05, 0.1) is 0 Å². The number of aryl methyl sites for hydroxylation is 1. The molecule has 156 valence electrons. The summed E-state index contributed by atoms with van der Waals surface area (Å²) in [5.41, 5.74) is 2.68. The molecule has 0 saturated carbocycles. The summed E-state index contributed by atoms with van der Waals surface area (Å²) in [5.74, 6) is -0.0756. The van der Waals surface area contributed by atoms with Crippen molar-refractivity contribution in [2.24, 2.45) is 5.92 Å². The third-order valence-corrected chi connectivity index (χ3v) is 5.77. The quantitative estimate of drug-likeness (QED) is 0.796. The summed E-state index contributed by atoms with van der Waals surface area (Å²) in [6.45, 7) is 4.64. The maximum atomic E-state index is 12.7. The number of para-hydroxylation sites is 1. The minimum absolute atomic E-state index is 0.00294. The lowest BCUT2D eigenvalue weighted by atomic mass is 9.95. The minimum Gasteiger partial charge on any atom is -0.343 e. The lowest BCUT2D eigenvalue weighted by Crippen LogP contribution is -2.41. The number of nitriles is 1.